The number of nitriles is 1. The monoisotopic (exact) mass is 160 g/mol. The Morgan fingerprint density at radius 2 is 2.17 bits per heavy atom. The lowest BCUT2D eigenvalue weighted by molar-refractivity contribution is 0.809. The van der Waals surface area contributed by atoms with E-state index in [4.69, 9.17) is 11.0 Å². The zero-order chi connectivity index (χ0) is 9.14. The lowest BCUT2D eigenvalue weighted by atomic mass is 9.99. The molecule has 12 heavy (non-hydrogen) atoms. The normalized spacial score (nSPS) is 12.2. The van der Waals surface area contributed by atoms with Gasteiger partial charge in [0.1, 0.15) is 0 Å². The van der Waals surface area contributed by atoms with Gasteiger partial charge in [0.25, 0.3) is 0 Å². The van der Waals surface area contributed by atoms with Crippen LogP contribution in [0, 0.1) is 18.3 Å². The molecule has 0 saturated carbocycles. The maximum Gasteiger partial charge on any atom is 0.0994 e. The van der Waals surface area contributed by atoms with Crippen molar-refractivity contribution in [2.45, 2.75) is 19.9 Å². The molecule has 2 nitrogen and oxygen atoms in total. The molecule has 62 valence electrons. The van der Waals surface area contributed by atoms with Crippen LogP contribution in [0.3, 0.4) is 0 Å². The molecule has 1 aromatic carbocycles. The Kier molecular flexibility index (Phi) is 2.47. The fourth-order valence-electron chi connectivity index (χ4n) is 1.27. The molecule has 2 N–H and O–H groups in total. The molecule has 0 saturated heterocycles. The third-order valence-electron chi connectivity index (χ3n) is 1.99. The summed E-state index contributed by atoms with van der Waals surface area (Å²) < 4.78 is 0. The highest BCUT2D eigenvalue weighted by molar-refractivity contribution is 5.42. The quantitative estimate of drug-likeness (QED) is 0.682. The van der Waals surface area contributed by atoms with Gasteiger partial charge in [-0.15, -0.1) is 0 Å². The second-order valence-corrected chi connectivity index (χ2v) is 2.92. The predicted molar refractivity (Wildman–Crippen MR) is 48.5 cm³/mol. The number of rotatable bonds is 1. The molecule has 0 aromatic heterocycles. The second kappa shape index (κ2) is 3.38. The van der Waals surface area contributed by atoms with Gasteiger partial charge in [0, 0.05) is 6.04 Å². The average molecular weight is 160 g/mol. The molecule has 0 spiro atoms. The van der Waals surface area contributed by atoms with E-state index in [0.717, 1.165) is 11.1 Å². The standard InChI is InChI=1S/C10H12N2/c1-7-9(6-11)4-3-5-10(7)8(2)12/h3-5,8H,12H2,1-2H3. The minimum absolute atomic E-state index is 0.00157. The average Bonchev–Trinajstić information content (AvgIpc) is 2.04. The lowest BCUT2D eigenvalue weighted by Crippen LogP contribution is -2.07. The Morgan fingerprint density at radius 1 is 1.50 bits per heavy atom. The predicted octanol–water partition coefficient (Wildman–Crippen LogP) is 1.89. The van der Waals surface area contributed by atoms with Crippen molar-refractivity contribution < 1.29 is 0 Å². The van der Waals surface area contributed by atoms with Crippen LogP contribution in [0.15, 0.2) is 18.2 Å². The van der Waals surface area contributed by atoms with E-state index in [1.165, 1.54) is 0 Å². The smallest absolute Gasteiger partial charge is 0.0994 e. The third kappa shape index (κ3) is 1.46. The van der Waals surface area contributed by atoms with E-state index in [2.05, 4.69) is 6.07 Å². The molecular formula is C10H12N2. The van der Waals surface area contributed by atoms with E-state index in [-0.39, 0.29) is 6.04 Å². The lowest BCUT2D eigenvalue weighted by Gasteiger charge is -2.09. The Bertz CT molecular complexity index is 321. The van der Waals surface area contributed by atoms with E-state index in [9.17, 15) is 0 Å². The fourth-order valence-corrected chi connectivity index (χ4v) is 1.27. The molecule has 0 bridgehead atoms. The topological polar surface area (TPSA) is 49.8 Å². The van der Waals surface area contributed by atoms with E-state index in [0.29, 0.717) is 5.56 Å². The van der Waals surface area contributed by atoms with Crippen LogP contribution in [0.4, 0.5) is 0 Å². The molecule has 0 aliphatic rings. The van der Waals surface area contributed by atoms with E-state index in [1.54, 1.807) is 6.07 Å². The van der Waals surface area contributed by atoms with Crippen LogP contribution < -0.4 is 5.73 Å². The molecule has 0 aliphatic heterocycles. The van der Waals surface area contributed by atoms with Gasteiger partial charge in [0.15, 0.2) is 0 Å². The van der Waals surface area contributed by atoms with Gasteiger partial charge in [0.05, 0.1) is 11.6 Å². The summed E-state index contributed by atoms with van der Waals surface area (Å²) in [6.07, 6.45) is 0. The molecule has 1 unspecified atom stereocenters. The number of nitrogens with two attached hydrogens (primary N) is 1. The maximum atomic E-state index is 8.73. The van der Waals surface area contributed by atoms with Gasteiger partial charge in [-0.2, -0.15) is 5.26 Å². The number of nitrogens with zero attached hydrogens (tertiary/aromatic N) is 1. The van der Waals surface area contributed by atoms with Crippen molar-refractivity contribution in [2.75, 3.05) is 0 Å². The highest BCUT2D eigenvalue weighted by Gasteiger charge is 2.05. The van der Waals surface area contributed by atoms with Gasteiger partial charge in [-0.3, -0.25) is 0 Å². The van der Waals surface area contributed by atoms with Crippen molar-refractivity contribution in [3.05, 3.63) is 34.9 Å². The number of hydrogen-bond acceptors (Lipinski definition) is 2. The summed E-state index contributed by atoms with van der Waals surface area (Å²) in [6, 6.07) is 7.76. The van der Waals surface area contributed by atoms with Crippen LogP contribution >= 0.6 is 0 Å². The molecule has 0 heterocycles. The van der Waals surface area contributed by atoms with Gasteiger partial charge in [-0.05, 0) is 31.0 Å². The number of benzene rings is 1. The van der Waals surface area contributed by atoms with Crippen LogP contribution in [-0.4, -0.2) is 0 Å². The van der Waals surface area contributed by atoms with Crippen molar-refractivity contribution in [3.63, 3.8) is 0 Å². The van der Waals surface area contributed by atoms with E-state index >= 15 is 0 Å². The van der Waals surface area contributed by atoms with Crippen molar-refractivity contribution in [2.24, 2.45) is 5.73 Å². The van der Waals surface area contributed by atoms with Gasteiger partial charge in [0.2, 0.25) is 0 Å². The first-order chi connectivity index (χ1) is 5.66. The molecule has 0 aliphatic carbocycles. The zero-order valence-electron chi connectivity index (χ0n) is 7.33. The summed E-state index contributed by atoms with van der Waals surface area (Å²) in [7, 11) is 0. The van der Waals surface area contributed by atoms with Crippen LogP contribution in [0.2, 0.25) is 0 Å². The largest absolute Gasteiger partial charge is 0.324 e. The van der Waals surface area contributed by atoms with Gasteiger partial charge in [-0.1, -0.05) is 12.1 Å². The van der Waals surface area contributed by atoms with E-state index < -0.39 is 0 Å². The Hall–Kier alpha value is -1.33. The highest BCUT2D eigenvalue weighted by Crippen LogP contribution is 2.17. The minimum Gasteiger partial charge on any atom is -0.324 e. The summed E-state index contributed by atoms with van der Waals surface area (Å²) in [5.74, 6) is 0. The summed E-state index contributed by atoms with van der Waals surface area (Å²) in [4.78, 5) is 0. The van der Waals surface area contributed by atoms with Crippen LogP contribution in [0.1, 0.15) is 29.7 Å². The zero-order valence-corrected chi connectivity index (χ0v) is 7.33. The van der Waals surface area contributed by atoms with Crippen LogP contribution in [0.25, 0.3) is 0 Å². The van der Waals surface area contributed by atoms with Gasteiger partial charge in [-0.25, -0.2) is 0 Å². The molecule has 0 radical (unpaired) electrons. The summed E-state index contributed by atoms with van der Waals surface area (Å²) >= 11 is 0. The first kappa shape index (κ1) is 8.76. The van der Waals surface area contributed by atoms with Crippen molar-refractivity contribution in [1.29, 1.82) is 5.26 Å². The van der Waals surface area contributed by atoms with Crippen LogP contribution in [0.5, 0.6) is 0 Å². The van der Waals surface area contributed by atoms with Crippen molar-refractivity contribution in [1.82, 2.24) is 0 Å². The highest BCUT2D eigenvalue weighted by atomic mass is 14.6. The number of hydrogen-bond donors (Lipinski definition) is 1. The molecule has 0 fully saturated rings. The van der Waals surface area contributed by atoms with E-state index in [1.807, 2.05) is 26.0 Å². The Balaban J connectivity index is 3.25. The molecule has 0 amide bonds. The van der Waals surface area contributed by atoms with Crippen molar-refractivity contribution in [3.8, 4) is 6.07 Å². The van der Waals surface area contributed by atoms with Gasteiger partial charge < -0.3 is 5.73 Å². The molecular weight excluding hydrogens is 148 g/mol. The van der Waals surface area contributed by atoms with Gasteiger partial charge >= 0.3 is 0 Å². The molecule has 1 aromatic rings. The maximum absolute atomic E-state index is 8.73. The van der Waals surface area contributed by atoms with Crippen molar-refractivity contribution >= 4 is 0 Å². The summed E-state index contributed by atoms with van der Waals surface area (Å²) in [5.41, 5.74) is 8.49. The first-order valence-corrected chi connectivity index (χ1v) is 3.92. The summed E-state index contributed by atoms with van der Waals surface area (Å²) in [6.45, 7) is 3.85. The molecule has 1 atom stereocenters. The molecule has 1 rings (SSSR count). The fraction of sp³-hybridized carbons (Fsp3) is 0.300. The first-order valence-electron chi connectivity index (χ1n) is 3.92. The summed E-state index contributed by atoms with van der Waals surface area (Å²) in [5, 5.41) is 8.73. The minimum atomic E-state index is -0.00157. The Labute approximate surface area is 72.6 Å². The second-order valence-electron chi connectivity index (χ2n) is 2.92. The third-order valence-corrected chi connectivity index (χ3v) is 1.99. The SMILES string of the molecule is Cc1c(C#N)cccc1C(C)N. The van der Waals surface area contributed by atoms with Crippen LogP contribution in [-0.2, 0) is 0 Å². The molecule has 2 heteroatoms. The Morgan fingerprint density at radius 3 is 2.67 bits per heavy atom.